The molecular weight excluding hydrogens is 470 g/mol. The summed E-state index contributed by atoms with van der Waals surface area (Å²) >= 11 is 6.25. The summed E-state index contributed by atoms with van der Waals surface area (Å²) in [5, 5.41) is 31.1. The van der Waals surface area contributed by atoms with Gasteiger partial charge in [-0.05, 0) is 42.0 Å². The first-order valence-corrected chi connectivity index (χ1v) is 11.4. The Labute approximate surface area is 197 Å². The number of aromatic nitrogens is 4. The van der Waals surface area contributed by atoms with Crippen LogP contribution in [0, 0.1) is 17.7 Å². The number of aliphatic hydroxyl groups excluding tert-OH is 2. The zero-order chi connectivity index (χ0) is 23.7. The molecule has 3 aliphatic rings. The number of carbonyl (C=O) groups excluding carboxylic acids is 1. The molecule has 178 valence electrons. The molecule has 6 rings (SSSR count). The molecule has 2 aromatic heterocycles. The summed E-state index contributed by atoms with van der Waals surface area (Å²) in [6.45, 7) is -0.196. The van der Waals surface area contributed by atoms with E-state index in [1.165, 1.54) is 29.4 Å². The highest BCUT2D eigenvalue weighted by Crippen LogP contribution is 2.53. The number of nitrogens with zero attached hydrogens (tertiary/aromatic N) is 4. The van der Waals surface area contributed by atoms with Crippen LogP contribution < -0.4 is 5.32 Å². The van der Waals surface area contributed by atoms with E-state index < -0.39 is 42.2 Å². The highest BCUT2D eigenvalue weighted by Gasteiger charge is 2.59. The van der Waals surface area contributed by atoms with Crippen molar-refractivity contribution in [3.8, 4) is 0 Å². The zero-order valence-corrected chi connectivity index (χ0v) is 18.5. The highest BCUT2D eigenvalue weighted by atomic mass is 35.5. The van der Waals surface area contributed by atoms with Gasteiger partial charge in [0.2, 0.25) is 0 Å². The SMILES string of the molecule is O=C(c1n[nH]c2ncnc(N[C@H]3[C@H](O)[C@H](O)[C@@H]4C[C@@H]43)c12)N1C[C@@H](F)C[C@@H]1c1cc(F)ccc1Cl. The second-order valence-electron chi connectivity index (χ2n) is 9.20. The molecule has 7 atom stereocenters. The Balaban J connectivity index is 1.36. The molecule has 3 aromatic rings. The Hall–Kier alpha value is -2.89. The minimum atomic E-state index is -1.31. The van der Waals surface area contributed by atoms with Crippen LogP contribution in [0.1, 0.15) is 34.9 Å². The molecular formula is C22H21ClF2N6O3. The first-order valence-electron chi connectivity index (χ1n) is 11.0. The Morgan fingerprint density at radius 2 is 2.03 bits per heavy atom. The van der Waals surface area contributed by atoms with Gasteiger partial charge >= 0.3 is 0 Å². The number of anilines is 1. The lowest BCUT2D eigenvalue weighted by molar-refractivity contribution is 0.0201. The number of amides is 1. The van der Waals surface area contributed by atoms with Crippen molar-refractivity contribution in [1.82, 2.24) is 25.1 Å². The molecule has 0 spiro atoms. The Bertz CT molecular complexity index is 1290. The van der Waals surface area contributed by atoms with Gasteiger partial charge in [0.1, 0.15) is 30.2 Å². The van der Waals surface area contributed by atoms with Crippen LogP contribution >= 0.6 is 11.6 Å². The lowest BCUT2D eigenvalue weighted by atomic mass is 10.0. The van der Waals surface area contributed by atoms with Gasteiger partial charge in [0.25, 0.3) is 5.91 Å². The summed E-state index contributed by atoms with van der Waals surface area (Å²) in [7, 11) is 0. The van der Waals surface area contributed by atoms with E-state index in [-0.39, 0.29) is 47.0 Å². The van der Waals surface area contributed by atoms with Crippen molar-refractivity contribution in [2.75, 3.05) is 11.9 Å². The van der Waals surface area contributed by atoms with Crippen LogP contribution in [0.3, 0.4) is 0 Å². The summed E-state index contributed by atoms with van der Waals surface area (Å²) in [4.78, 5) is 23.3. The quantitative estimate of drug-likeness (QED) is 0.441. The number of rotatable bonds is 4. The number of carbonyl (C=O) groups is 1. The fourth-order valence-corrected chi connectivity index (χ4v) is 5.69. The lowest BCUT2D eigenvalue weighted by Gasteiger charge is -2.25. The molecule has 0 radical (unpaired) electrons. The number of fused-ring (bicyclic) bond motifs is 2. The van der Waals surface area contributed by atoms with Crippen LogP contribution in [-0.4, -0.2) is 72.2 Å². The van der Waals surface area contributed by atoms with Gasteiger partial charge in [-0.15, -0.1) is 0 Å². The van der Waals surface area contributed by atoms with Gasteiger partial charge in [0.05, 0.1) is 30.1 Å². The molecule has 9 nitrogen and oxygen atoms in total. The Morgan fingerprint density at radius 1 is 1.21 bits per heavy atom. The maximum absolute atomic E-state index is 14.5. The van der Waals surface area contributed by atoms with Gasteiger partial charge < -0.3 is 20.4 Å². The maximum Gasteiger partial charge on any atom is 0.275 e. The van der Waals surface area contributed by atoms with Gasteiger partial charge in [-0.2, -0.15) is 5.10 Å². The summed E-state index contributed by atoms with van der Waals surface area (Å²) < 4.78 is 28.4. The summed E-state index contributed by atoms with van der Waals surface area (Å²) in [6, 6.07) is 2.60. The Kier molecular flexibility index (Phi) is 4.98. The van der Waals surface area contributed by atoms with Gasteiger partial charge in [0.15, 0.2) is 11.3 Å². The maximum atomic E-state index is 14.5. The number of likely N-dealkylation sites (tertiary alicyclic amines) is 1. The Morgan fingerprint density at radius 3 is 2.79 bits per heavy atom. The van der Waals surface area contributed by atoms with Gasteiger partial charge in [-0.25, -0.2) is 18.7 Å². The summed E-state index contributed by atoms with van der Waals surface area (Å²) in [5.41, 5.74) is 0.593. The van der Waals surface area contributed by atoms with Crippen LogP contribution in [0.4, 0.5) is 14.6 Å². The van der Waals surface area contributed by atoms with Crippen molar-refractivity contribution in [2.24, 2.45) is 11.8 Å². The normalized spacial score (nSPS) is 32.3. The fourth-order valence-electron chi connectivity index (χ4n) is 5.44. The van der Waals surface area contributed by atoms with Crippen LogP contribution in [0.15, 0.2) is 24.5 Å². The summed E-state index contributed by atoms with van der Waals surface area (Å²) in [5.74, 6) is -0.687. The minimum Gasteiger partial charge on any atom is -0.390 e. The molecule has 0 unspecified atom stereocenters. The first-order chi connectivity index (χ1) is 16.3. The topological polar surface area (TPSA) is 127 Å². The van der Waals surface area contributed by atoms with E-state index in [9.17, 15) is 23.8 Å². The second-order valence-corrected chi connectivity index (χ2v) is 9.61. The van der Waals surface area contributed by atoms with Crippen molar-refractivity contribution in [3.05, 3.63) is 46.6 Å². The van der Waals surface area contributed by atoms with E-state index in [1.54, 1.807) is 0 Å². The molecule has 1 aliphatic heterocycles. The number of alkyl halides is 1. The molecule has 1 saturated heterocycles. The number of benzene rings is 1. The van der Waals surface area contributed by atoms with E-state index in [0.717, 1.165) is 6.42 Å². The number of aliphatic hydroxyl groups is 2. The van der Waals surface area contributed by atoms with Crippen molar-refractivity contribution in [1.29, 1.82) is 0 Å². The molecule has 1 amide bonds. The van der Waals surface area contributed by atoms with Crippen molar-refractivity contribution in [2.45, 2.75) is 43.3 Å². The molecule has 3 heterocycles. The highest BCUT2D eigenvalue weighted by molar-refractivity contribution is 6.31. The van der Waals surface area contributed by atoms with Crippen LogP contribution in [0.5, 0.6) is 0 Å². The molecule has 3 fully saturated rings. The predicted octanol–water partition coefficient (Wildman–Crippen LogP) is 2.22. The van der Waals surface area contributed by atoms with Crippen LogP contribution in [0.25, 0.3) is 11.0 Å². The van der Waals surface area contributed by atoms with Gasteiger partial charge in [-0.3, -0.25) is 9.89 Å². The molecule has 1 aromatic carbocycles. The van der Waals surface area contributed by atoms with E-state index in [1.807, 2.05) is 0 Å². The predicted molar refractivity (Wildman–Crippen MR) is 117 cm³/mol. The lowest BCUT2D eigenvalue weighted by Crippen LogP contribution is -2.38. The number of H-pyrrole nitrogens is 1. The minimum absolute atomic E-state index is 0.0197. The number of hydrogen-bond acceptors (Lipinski definition) is 7. The first kappa shape index (κ1) is 21.6. The smallest absolute Gasteiger partial charge is 0.275 e. The molecule has 4 N–H and O–H groups in total. The monoisotopic (exact) mass is 490 g/mol. The van der Waals surface area contributed by atoms with E-state index in [0.29, 0.717) is 10.9 Å². The number of hydrogen-bond donors (Lipinski definition) is 4. The third-order valence-corrected chi connectivity index (χ3v) is 7.54. The average molecular weight is 491 g/mol. The van der Waals surface area contributed by atoms with Crippen LogP contribution in [-0.2, 0) is 0 Å². The second kappa shape index (κ2) is 7.82. The standard InChI is InChI=1S/C22H21ClF2N6O3/c23-13-2-1-8(24)3-12(13)14-4-9(25)6-31(14)22(34)17-15-20(26-7-27-21(15)30-29-17)28-16-10-5-11(10)18(32)19(16)33/h1-3,7,9-11,14,16,18-19,32-33H,4-6H2,(H2,26,27,28,29,30)/t9-,10-,11+,14+,16+,18+,19-/m0/s1. The largest absolute Gasteiger partial charge is 0.390 e. The van der Waals surface area contributed by atoms with E-state index in [2.05, 4.69) is 25.5 Å². The van der Waals surface area contributed by atoms with E-state index >= 15 is 0 Å². The van der Waals surface area contributed by atoms with Crippen LogP contribution in [0.2, 0.25) is 5.02 Å². The number of nitrogens with one attached hydrogen (secondary N) is 2. The number of aromatic amines is 1. The van der Waals surface area contributed by atoms with Crippen molar-refractivity contribution < 1.29 is 23.8 Å². The van der Waals surface area contributed by atoms with Crippen molar-refractivity contribution in [3.63, 3.8) is 0 Å². The third-order valence-electron chi connectivity index (χ3n) is 7.20. The fraction of sp³-hybridized carbons (Fsp3) is 0.455. The van der Waals surface area contributed by atoms with Gasteiger partial charge in [-0.1, -0.05) is 11.6 Å². The third kappa shape index (κ3) is 3.33. The number of halogens is 3. The molecule has 34 heavy (non-hydrogen) atoms. The molecule has 12 heteroatoms. The average Bonchev–Trinajstić information content (AvgIpc) is 3.22. The van der Waals surface area contributed by atoms with Crippen molar-refractivity contribution >= 4 is 34.4 Å². The molecule has 2 aliphatic carbocycles. The molecule has 2 saturated carbocycles. The molecule has 0 bridgehead atoms. The van der Waals surface area contributed by atoms with Gasteiger partial charge in [0, 0.05) is 11.4 Å². The summed E-state index contributed by atoms with van der Waals surface area (Å²) in [6.07, 6.45) is -1.02. The van der Waals surface area contributed by atoms with E-state index in [4.69, 9.17) is 11.6 Å². The zero-order valence-electron chi connectivity index (χ0n) is 17.7.